The monoisotopic (exact) mass is 224 g/mol. The molecule has 0 amide bonds. The van der Waals surface area contributed by atoms with Crippen LogP contribution in [-0.4, -0.2) is 18.6 Å². The van der Waals surface area contributed by atoms with Crippen LogP contribution in [0.2, 0.25) is 0 Å². The smallest absolute Gasteiger partial charge is 0.0302 e. The van der Waals surface area contributed by atoms with E-state index in [1.54, 1.807) is 0 Å². The molecule has 2 nitrogen and oxygen atoms in total. The molecule has 15 heavy (non-hydrogen) atoms. The van der Waals surface area contributed by atoms with Crippen LogP contribution in [0.4, 0.5) is 0 Å². The van der Waals surface area contributed by atoms with E-state index in [0.29, 0.717) is 6.04 Å². The Labute approximate surface area is 96.1 Å². The van der Waals surface area contributed by atoms with Crippen LogP contribution in [0.25, 0.3) is 0 Å². The first-order valence-corrected chi connectivity index (χ1v) is 6.71. The molecule has 1 saturated heterocycles. The summed E-state index contributed by atoms with van der Waals surface area (Å²) in [5.74, 6) is 0. The molecular weight excluding hydrogens is 204 g/mol. The highest BCUT2D eigenvalue weighted by Gasteiger charge is 2.16. The van der Waals surface area contributed by atoms with E-state index in [4.69, 9.17) is 0 Å². The van der Waals surface area contributed by atoms with Crippen LogP contribution >= 0.6 is 11.3 Å². The topological polar surface area (TPSA) is 24.1 Å². The summed E-state index contributed by atoms with van der Waals surface area (Å²) in [7, 11) is 0. The van der Waals surface area contributed by atoms with Gasteiger partial charge in [-0.1, -0.05) is 6.07 Å². The number of nitrogens with one attached hydrogen (secondary N) is 2. The highest BCUT2D eigenvalue weighted by atomic mass is 32.1. The molecular formula is C12H20N2S. The van der Waals surface area contributed by atoms with E-state index in [2.05, 4.69) is 35.1 Å². The molecule has 0 aromatic carbocycles. The van der Waals surface area contributed by atoms with Gasteiger partial charge in [-0.05, 0) is 44.2 Å². The zero-order valence-corrected chi connectivity index (χ0v) is 10.1. The molecule has 2 unspecified atom stereocenters. The van der Waals surface area contributed by atoms with Crippen LogP contribution in [0.3, 0.4) is 0 Å². The molecule has 2 atom stereocenters. The summed E-state index contributed by atoms with van der Waals surface area (Å²) in [5, 5.41) is 9.26. The lowest BCUT2D eigenvalue weighted by Crippen LogP contribution is -2.33. The van der Waals surface area contributed by atoms with E-state index >= 15 is 0 Å². The van der Waals surface area contributed by atoms with Gasteiger partial charge in [-0.2, -0.15) is 0 Å². The Morgan fingerprint density at radius 1 is 1.67 bits per heavy atom. The third-order valence-electron chi connectivity index (χ3n) is 3.01. The van der Waals surface area contributed by atoms with Gasteiger partial charge in [0.2, 0.25) is 0 Å². The number of rotatable bonds is 5. The van der Waals surface area contributed by atoms with Crippen molar-refractivity contribution >= 4 is 11.3 Å². The molecule has 0 saturated carbocycles. The Hall–Kier alpha value is -0.380. The SMILES string of the molecule is CC(CC1CCCN1)NCc1cccs1. The molecule has 3 heteroatoms. The number of hydrogen-bond acceptors (Lipinski definition) is 3. The van der Waals surface area contributed by atoms with Gasteiger partial charge in [-0.15, -0.1) is 11.3 Å². The Bertz CT molecular complexity index is 265. The second kappa shape index (κ2) is 5.64. The van der Waals surface area contributed by atoms with Crippen molar-refractivity contribution in [2.24, 2.45) is 0 Å². The summed E-state index contributed by atoms with van der Waals surface area (Å²) in [5.41, 5.74) is 0. The van der Waals surface area contributed by atoms with Crippen LogP contribution < -0.4 is 10.6 Å². The fourth-order valence-electron chi connectivity index (χ4n) is 2.16. The fraction of sp³-hybridized carbons (Fsp3) is 0.667. The highest BCUT2D eigenvalue weighted by molar-refractivity contribution is 7.09. The van der Waals surface area contributed by atoms with Gasteiger partial charge < -0.3 is 10.6 Å². The summed E-state index contributed by atoms with van der Waals surface area (Å²) < 4.78 is 0. The Kier molecular flexibility index (Phi) is 4.18. The summed E-state index contributed by atoms with van der Waals surface area (Å²) in [6.45, 7) is 4.52. The minimum absolute atomic E-state index is 0.614. The zero-order valence-electron chi connectivity index (χ0n) is 9.33. The van der Waals surface area contributed by atoms with Crippen LogP contribution in [0.15, 0.2) is 17.5 Å². The first kappa shape index (κ1) is 11.1. The van der Waals surface area contributed by atoms with Crippen molar-refractivity contribution in [1.29, 1.82) is 0 Å². The Balaban J connectivity index is 1.66. The first-order chi connectivity index (χ1) is 7.34. The molecule has 2 heterocycles. The molecule has 1 aromatic rings. The largest absolute Gasteiger partial charge is 0.314 e. The minimum Gasteiger partial charge on any atom is -0.314 e. The third kappa shape index (κ3) is 3.59. The normalized spacial score (nSPS) is 23.1. The maximum atomic E-state index is 3.58. The van der Waals surface area contributed by atoms with Crippen molar-refractivity contribution in [1.82, 2.24) is 10.6 Å². The zero-order chi connectivity index (χ0) is 10.5. The van der Waals surface area contributed by atoms with Gasteiger partial charge >= 0.3 is 0 Å². The molecule has 1 aliphatic rings. The Morgan fingerprint density at radius 3 is 3.27 bits per heavy atom. The van der Waals surface area contributed by atoms with Crippen molar-refractivity contribution in [3.8, 4) is 0 Å². The van der Waals surface area contributed by atoms with E-state index in [1.165, 1.54) is 30.7 Å². The third-order valence-corrected chi connectivity index (χ3v) is 3.88. The molecule has 2 N–H and O–H groups in total. The molecule has 0 radical (unpaired) electrons. The van der Waals surface area contributed by atoms with Gasteiger partial charge in [0, 0.05) is 23.5 Å². The van der Waals surface area contributed by atoms with Crippen LogP contribution in [0.1, 0.15) is 31.1 Å². The first-order valence-electron chi connectivity index (χ1n) is 5.84. The van der Waals surface area contributed by atoms with Gasteiger partial charge in [-0.3, -0.25) is 0 Å². The van der Waals surface area contributed by atoms with Crippen molar-refractivity contribution in [3.63, 3.8) is 0 Å². The predicted molar refractivity (Wildman–Crippen MR) is 66.3 cm³/mol. The molecule has 1 fully saturated rings. The summed E-state index contributed by atoms with van der Waals surface area (Å²) in [6.07, 6.45) is 3.96. The average molecular weight is 224 g/mol. The molecule has 0 spiro atoms. The maximum Gasteiger partial charge on any atom is 0.0302 e. The lowest BCUT2D eigenvalue weighted by molar-refractivity contribution is 0.441. The molecule has 2 rings (SSSR count). The van der Waals surface area contributed by atoms with E-state index in [-0.39, 0.29) is 0 Å². The van der Waals surface area contributed by atoms with E-state index in [9.17, 15) is 0 Å². The minimum atomic E-state index is 0.614. The fourth-order valence-corrected chi connectivity index (χ4v) is 2.81. The van der Waals surface area contributed by atoms with Gasteiger partial charge in [-0.25, -0.2) is 0 Å². The van der Waals surface area contributed by atoms with Crippen molar-refractivity contribution in [2.75, 3.05) is 6.54 Å². The molecule has 1 aliphatic heterocycles. The summed E-state index contributed by atoms with van der Waals surface area (Å²) in [6, 6.07) is 5.67. The van der Waals surface area contributed by atoms with E-state index in [1.807, 2.05) is 11.3 Å². The standard InChI is InChI=1S/C12H20N2S/c1-10(8-11-4-2-6-13-11)14-9-12-5-3-7-15-12/h3,5,7,10-11,13-14H,2,4,6,8-9H2,1H3. The van der Waals surface area contributed by atoms with Gasteiger partial charge in [0.05, 0.1) is 0 Å². The lowest BCUT2D eigenvalue weighted by atomic mass is 10.1. The maximum absolute atomic E-state index is 3.58. The molecule has 1 aromatic heterocycles. The number of thiophene rings is 1. The van der Waals surface area contributed by atoms with Crippen molar-refractivity contribution in [2.45, 2.75) is 44.8 Å². The predicted octanol–water partition coefficient (Wildman–Crippen LogP) is 2.37. The second-order valence-electron chi connectivity index (χ2n) is 4.39. The van der Waals surface area contributed by atoms with Crippen LogP contribution in [0, 0.1) is 0 Å². The van der Waals surface area contributed by atoms with Gasteiger partial charge in [0.1, 0.15) is 0 Å². The van der Waals surface area contributed by atoms with Gasteiger partial charge in [0.15, 0.2) is 0 Å². The van der Waals surface area contributed by atoms with E-state index < -0.39 is 0 Å². The summed E-state index contributed by atoms with van der Waals surface area (Å²) in [4.78, 5) is 1.43. The van der Waals surface area contributed by atoms with Crippen LogP contribution in [-0.2, 0) is 6.54 Å². The molecule has 84 valence electrons. The quantitative estimate of drug-likeness (QED) is 0.802. The van der Waals surface area contributed by atoms with Crippen LogP contribution in [0.5, 0.6) is 0 Å². The Morgan fingerprint density at radius 2 is 2.60 bits per heavy atom. The van der Waals surface area contributed by atoms with E-state index in [0.717, 1.165) is 12.6 Å². The van der Waals surface area contributed by atoms with Crippen molar-refractivity contribution < 1.29 is 0 Å². The van der Waals surface area contributed by atoms with Gasteiger partial charge in [0.25, 0.3) is 0 Å². The lowest BCUT2D eigenvalue weighted by Gasteiger charge is -2.17. The second-order valence-corrected chi connectivity index (χ2v) is 5.42. The average Bonchev–Trinajstić information content (AvgIpc) is 2.86. The van der Waals surface area contributed by atoms with Crippen molar-refractivity contribution in [3.05, 3.63) is 22.4 Å². The number of hydrogen-bond donors (Lipinski definition) is 2. The molecule has 0 aliphatic carbocycles. The highest BCUT2D eigenvalue weighted by Crippen LogP contribution is 2.12. The molecule has 0 bridgehead atoms. The summed E-state index contributed by atoms with van der Waals surface area (Å²) >= 11 is 1.83.